The predicted octanol–water partition coefficient (Wildman–Crippen LogP) is 2.04. The molecule has 0 saturated carbocycles. The van der Waals surface area contributed by atoms with E-state index in [1.807, 2.05) is 19.3 Å². The fourth-order valence-electron chi connectivity index (χ4n) is 3.97. The maximum absolute atomic E-state index is 4.42. The summed E-state index contributed by atoms with van der Waals surface area (Å²) in [5.41, 5.74) is 1.87. The molecule has 0 radical (unpaired) electrons. The van der Waals surface area contributed by atoms with E-state index in [2.05, 4.69) is 33.2 Å². The van der Waals surface area contributed by atoms with Gasteiger partial charge in [0.05, 0.1) is 0 Å². The highest BCUT2D eigenvalue weighted by molar-refractivity contribution is 5.42. The number of piperidine rings is 1. The Kier molecular flexibility index (Phi) is 3.94. The van der Waals surface area contributed by atoms with Gasteiger partial charge in [-0.1, -0.05) is 6.07 Å². The summed E-state index contributed by atoms with van der Waals surface area (Å²) >= 11 is 0. The van der Waals surface area contributed by atoms with Gasteiger partial charge in [-0.2, -0.15) is 0 Å². The molecule has 3 rings (SSSR count). The molecule has 1 aromatic rings. The second-order valence-corrected chi connectivity index (χ2v) is 6.56. The highest BCUT2D eigenvalue weighted by Crippen LogP contribution is 2.38. The van der Waals surface area contributed by atoms with Crippen molar-refractivity contribution in [2.75, 3.05) is 45.6 Å². The Morgan fingerprint density at radius 1 is 1.30 bits per heavy atom. The van der Waals surface area contributed by atoms with Crippen molar-refractivity contribution >= 4 is 5.82 Å². The number of rotatable bonds is 3. The van der Waals surface area contributed by atoms with Crippen LogP contribution in [0.3, 0.4) is 0 Å². The van der Waals surface area contributed by atoms with Crippen LogP contribution in [0, 0.1) is 5.41 Å². The van der Waals surface area contributed by atoms with Gasteiger partial charge in [0.2, 0.25) is 0 Å². The molecule has 0 unspecified atom stereocenters. The maximum atomic E-state index is 4.42. The van der Waals surface area contributed by atoms with Gasteiger partial charge in [-0.3, -0.25) is 4.90 Å². The molecule has 4 heteroatoms. The molecule has 1 spiro atoms. The van der Waals surface area contributed by atoms with Gasteiger partial charge >= 0.3 is 0 Å². The summed E-state index contributed by atoms with van der Waals surface area (Å²) < 4.78 is 0. The third-order valence-corrected chi connectivity index (χ3v) is 4.89. The number of hydrogen-bond acceptors (Lipinski definition) is 4. The first-order chi connectivity index (χ1) is 9.71. The first-order valence-corrected chi connectivity index (χ1v) is 7.73. The molecule has 2 saturated heterocycles. The van der Waals surface area contributed by atoms with Crippen LogP contribution in [0.2, 0.25) is 0 Å². The molecule has 1 N–H and O–H groups in total. The van der Waals surface area contributed by atoms with Crippen LogP contribution >= 0.6 is 0 Å². The first-order valence-electron chi connectivity index (χ1n) is 7.73. The predicted molar refractivity (Wildman–Crippen MR) is 82.8 cm³/mol. The van der Waals surface area contributed by atoms with E-state index in [-0.39, 0.29) is 0 Å². The highest BCUT2D eigenvalue weighted by atomic mass is 15.2. The minimum atomic E-state index is 0.551. The van der Waals surface area contributed by atoms with Crippen LogP contribution in [0.4, 0.5) is 5.82 Å². The molecule has 20 heavy (non-hydrogen) atoms. The number of pyridine rings is 1. The lowest BCUT2D eigenvalue weighted by molar-refractivity contribution is 0.0900. The second-order valence-electron chi connectivity index (χ2n) is 6.56. The van der Waals surface area contributed by atoms with Gasteiger partial charge in [-0.05, 0) is 50.9 Å². The van der Waals surface area contributed by atoms with Crippen molar-refractivity contribution in [3.63, 3.8) is 0 Å². The van der Waals surface area contributed by atoms with E-state index in [1.54, 1.807) is 0 Å². The van der Waals surface area contributed by atoms with Crippen LogP contribution in [0.1, 0.15) is 24.8 Å². The van der Waals surface area contributed by atoms with Crippen molar-refractivity contribution in [2.24, 2.45) is 5.41 Å². The number of aromatic nitrogens is 1. The number of hydrogen-bond donors (Lipinski definition) is 1. The molecule has 4 nitrogen and oxygen atoms in total. The lowest BCUT2D eigenvalue weighted by atomic mass is 9.79. The van der Waals surface area contributed by atoms with Crippen molar-refractivity contribution in [1.29, 1.82) is 0 Å². The van der Waals surface area contributed by atoms with Crippen molar-refractivity contribution in [3.8, 4) is 0 Å². The first kappa shape index (κ1) is 13.8. The van der Waals surface area contributed by atoms with Gasteiger partial charge in [-0.25, -0.2) is 4.98 Å². The summed E-state index contributed by atoms with van der Waals surface area (Å²) in [5.74, 6) is 1.02. The monoisotopic (exact) mass is 274 g/mol. The Labute approximate surface area is 122 Å². The number of anilines is 1. The lowest BCUT2D eigenvalue weighted by Gasteiger charge is -2.40. The summed E-state index contributed by atoms with van der Waals surface area (Å²) in [6.07, 6.45) is 5.97. The Balaban J connectivity index is 1.68. The van der Waals surface area contributed by atoms with Crippen LogP contribution in [-0.2, 0) is 6.54 Å². The molecule has 3 heterocycles. The van der Waals surface area contributed by atoms with Crippen LogP contribution in [0.15, 0.2) is 18.3 Å². The smallest absolute Gasteiger partial charge is 0.130 e. The molecule has 2 fully saturated rings. The zero-order valence-electron chi connectivity index (χ0n) is 12.7. The molecule has 0 amide bonds. The molecule has 2 aliphatic heterocycles. The summed E-state index contributed by atoms with van der Waals surface area (Å²) in [4.78, 5) is 9.54. The van der Waals surface area contributed by atoms with E-state index in [0.717, 1.165) is 12.4 Å². The Morgan fingerprint density at radius 3 is 2.95 bits per heavy atom. The molecule has 1 atom stereocenters. The summed E-state index contributed by atoms with van der Waals surface area (Å²) in [5, 5.41) is 3.21. The summed E-state index contributed by atoms with van der Waals surface area (Å²) in [6.45, 7) is 6.03. The van der Waals surface area contributed by atoms with E-state index in [1.165, 1.54) is 51.0 Å². The molecule has 0 aliphatic carbocycles. The van der Waals surface area contributed by atoms with Gasteiger partial charge in [0, 0.05) is 38.4 Å². The van der Waals surface area contributed by atoms with Crippen molar-refractivity contribution in [3.05, 3.63) is 23.9 Å². The quantitative estimate of drug-likeness (QED) is 0.914. The fourth-order valence-corrected chi connectivity index (χ4v) is 3.97. The van der Waals surface area contributed by atoms with Crippen LogP contribution < -0.4 is 5.32 Å². The number of likely N-dealkylation sites (tertiary alicyclic amines) is 2. The normalized spacial score (nSPS) is 28.1. The standard InChI is InChI=1S/C16H26N4/c1-17-15-14(5-3-8-18-15)11-20-9-4-6-16(13-20)7-10-19(2)12-16/h3,5,8H,4,6-7,9-13H2,1-2H3,(H,17,18)/t16-/m1/s1. The molecular formula is C16H26N4. The highest BCUT2D eigenvalue weighted by Gasteiger charge is 2.40. The van der Waals surface area contributed by atoms with E-state index >= 15 is 0 Å². The van der Waals surface area contributed by atoms with Gasteiger partial charge < -0.3 is 10.2 Å². The molecule has 1 aromatic heterocycles. The van der Waals surface area contributed by atoms with E-state index in [0.29, 0.717) is 5.41 Å². The minimum absolute atomic E-state index is 0.551. The average Bonchev–Trinajstić information content (AvgIpc) is 2.80. The molecule has 0 bridgehead atoms. The third kappa shape index (κ3) is 2.81. The average molecular weight is 274 g/mol. The van der Waals surface area contributed by atoms with E-state index < -0.39 is 0 Å². The molecule has 2 aliphatic rings. The molecular weight excluding hydrogens is 248 g/mol. The number of nitrogens with one attached hydrogen (secondary N) is 1. The van der Waals surface area contributed by atoms with Crippen LogP contribution in [0.5, 0.6) is 0 Å². The van der Waals surface area contributed by atoms with Crippen molar-refractivity contribution in [1.82, 2.24) is 14.8 Å². The third-order valence-electron chi connectivity index (χ3n) is 4.89. The fraction of sp³-hybridized carbons (Fsp3) is 0.688. The maximum Gasteiger partial charge on any atom is 0.130 e. The van der Waals surface area contributed by atoms with Gasteiger partial charge in [0.15, 0.2) is 0 Å². The molecule has 0 aromatic carbocycles. The van der Waals surface area contributed by atoms with Crippen molar-refractivity contribution in [2.45, 2.75) is 25.8 Å². The zero-order valence-corrected chi connectivity index (χ0v) is 12.7. The second kappa shape index (κ2) is 5.70. The number of nitrogens with zero attached hydrogens (tertiary/aromatic N) is 3. The largest absolute Gasteiger partial charge is 0.373 e. The van der Waals surface area contributed by atoms with Crippen LogP contribution in [-0.4, -0.2) is 55.1 Å². The minimum Gasteiger partial charge on any atom is -0.373 e. The van der Waals surface area contributed by atoms with Gasteiger partial charge in [0.1, 0.15) is 5.82 Å². The van der Waals surface area contributed by atoms with Crippen molar-refractivity contribution < 1.29 is 0 Å². The lowest BCUT2D eigenvalue weighted by Crippen LogP contribution is -2.44. The zero-order chi connectivity index (χ0) is 14.0. The van der Waals surface area contributed by atoms with E-state index in [4.69, 9.17) is 0 Å². The summed E-state index contributed by atoms with van der Waals surface area (Å²) in [6, 6.07) is 4.24. The van der Waals surface area contributed by atoms with Crippen LogP contribution in [0.25, 0.3) is 0 Å². The SMILES string of the molecule is CNc1ncccc1CN1CCC[C@]2(CCN(C)C2)C1. The Bertz CT molecular complexity index is 458. The summed E-state index contributed by atoms with van der Waals surface area (Å²) in [7, 11) is 4.21. The van der Waals surface area contributed by atoms with Gasteiger partial charge in [0.25, 0.3) is 0 Å². The van der Waals surface area contributed by atoms with Gasteiger partial charge in [-0.15, -0.1) is 0 Å². The Morgan fingerprint density at radius 2 is 2.20 bits per heavy atom. The Hall–Kier alpha value is -1.13. The molecule has 110 valence electrons. The topological polar surface area (TPSA) is 31.4 Å². The van der Waals surface area contributed by atoms with E-state index in [9.17, 15) is 0 Å².